The van der Waals surface area contributed by atoms with Crippen LogP contribution in [0.1, 0.15) is 22.4 Å². The summed E-state index contributed by atoms with van der Waals surface area (Å²) < 4.78 is 2.02. The van der Waals surface area contributed by atoms with Gasteiger partial charge >= 0.3 is 0 Å². The van der Waals surface area contributed by atoms with Gasteiger partial charge in [-0.2, -0.15) is 0 Å². The van der Waals surface area contributed by atoms with Crippen LogP contribution < -0.4 is 5.73 Å². The minimum absolute atomic E-state index is 0.187. The Morgan fingerprint density at radius 3 is 1.59 bits per heavy atom. The zero-order valence-corrected chi connectivity index (χ0v) is 15.9. The van der Waals surface area contributed by atoms with Crippen LogP contribution in [0.3, 0.4) is 0 Å². The van der Waals surface area contributed by atoms with Crippen LogP contribution in [0.15, 0.2) is 110 Å². The molecular weight excluding hydrogens is 358 g/mol. The van der Waals surface area contributed by atoms with Crippen LogP contribution in [0.25, 0.3) is 5.57 Å². The molecule has 4 aromatic rings. The standard InChI is InChI=1S/C25H21N3O/c1-19(24(26)29)23-17-28(18-27-23)25(20-11-5-2-6-12-20,21-13-7-3-8-14-21)22-15-9-4-10-16-22/h2-18H,1H2,(H2,26,29). The summed E-state index contributed by atoms with van der Waals surface area (Å²) in [5, 5.41) is 0. The fourth-order valence-electron chi connectivity index (χ4n) is 3.77. The highest BCUT2D eigenvalue weighted by molar-refractivity contribution is 6.17. The molecular formula is C25H21N3O. The lowest BCUT2D eigenvalue weighted by Crippen LogP contribution is -2.36. The fraction of sp³-hybridized carbons (Fsp3) is 0.0400. The van der Waals surface area contributed by atoms with E-state index < -0.39 is 11.4 Å². The fourth-order valence-corrected chi connectivity index (χ4v) is 3.77. The van der Waals surface area contributed by atoms with E-state index in [4.69, 9.17) is 5.73 Å². The molecule has 0 saturated carbocycles. The van der Waals surface area contributed by atoms with Gasteiger partial charge in [-0.3, -0.25) is 4.79 Å². The SMILES string of the molecule is C=C(C(N)=O)c1cn(C(c2ccccc2)(c2ccccc2)c2ccccc2)cn1. The Bertz CT molecular complexity index is 1040. The maximum atomic E-state index is 11.6. The topological polar surface area (TPSA) is 60.9 Å². The van der Waals surface area contributed by atoms with Gasteiger partial charge in [0.2, 0.25) is 5.91 Å². The zero-order chi connectivity index (χ0) is 20.3. The Morgan fingerprint density at radius 2 is 1.21 bits per heavy atom. The molecule has 3 aromatic carbocycles. The molecule has 0 radical (unpaired) electrons. The Labute approximate surface area is 170 Å². The van der Waals surface area contributed by atoms with E-state index in [0.29, 0.717) is 5.69 Å². The Balaban J connectivity index is 2.07. The summed E-state index contributed by atoms with van der Waals surface area (Å²) in [6.45, 7) is 3.79. The highest BCUT2D eigenvalue weighted by Gasteiger charge is 2.38. The Morgan fingerprint density at radius 1 is 0.793 bits per heavy atom. The van der Waals surface area contributed by atoms with E-state index in [0.717, 1.165) is 16.7 Å². The van der Waals surface area contributed by atoms with Crippen LogP contribution in [-0.4, -0.2) is 15.5 Å². The van der Waals surface area contributed by atoms with Crippen LogP contribution >= 0.6 is 0 Å². The molecule has 142 valence electrons. The van der Waals surface area contributed by atoms with Crippen LogP contribution in [0, 0.1) is 0 Å². The van der Waals surface area contributed by atoms with E-state index in [1.165, 1.54) is 0 Å². The maximum absolute atomic E-state index is 11.6. The van der Waals surface area contributed by atoms with Crippen molar-refractivity contribution in [2.24, 2.45) is 5.73 Å². The van der Waals surface area contributed by atoms with E-state index in [9.17, 15) is 4.79 Å². The van der Waals surface area contributed by atoms with Gasteiger partial charge in [-0.05, 0) is 16.7 Å². The van der Waals surface area contributed by atoms with E-state index in [-0.39, 0.29) is 5.57 Å². The van der Waals surface area contributed by atoms with Gasteiger partial charge in [-0.25, -0.2) is 4.98 Å². The summed E-state index contributed by atoms with van der Waals surface area (Å²) in [6, 6.07) is 30.7. The number of hydrogen-bond acceptors (Lipinski definition) is 2. The summed E-state index contributed by atoms with van der Waals surface area (Å²) in [5.74, 6) is -0.583. The first-order valence-corrected chi connectivity index (χ1v) is 9.34. The molecule has 0 aliphatic carbocycles. The molecule has 0 aliphatic rings. The normalized spacial score (nSPS) is 11.2. The average Bonchev–Trinajstić information content (AvgIpc) is 3.26. The van der Waals surface area contributed by atoms with E-state index in [1.807, 2.05) is 65.4 Å². The van der Waals surface area contributed by atoms with Crippen molar-refractivity contribution in [3.63, 3.8) is 0 Å². The van der Waals surface area contributed by atoms with Gasteiger partial charge in [-0.15, -0.1) is 0 Å². The second-order valence-electron chi connectivity index (χ2n) is 6.82. The van der Waals surface area contributed by atoms with E-state index >= 15 is 0 Å². The number of rotatable bonds is 6. The van der Waals surface area contributed by atoms with Crippen LogP contribution in [0.5, 0.6) is 0 Å². The van der Waals surface area contributed by atoms with Gasteiger partial charge in [0.1, 0.15) is 5.54 Å². The molecule has 0 bridgehead atoms. The van der Waals surface area contributed by atoms with Crippen LogP contribution in [-0.2, 0) is 10.3 Å². The second-order valence-corrected chi connectivity index (χ2v) is 6.82. The lowest BCUT2D eigenvalue weighted by Gasteiger charge is -2.37. The molecule has 0 atom stereocenters. The number of imidazole rings is 1. The summed E-state index contributed by atoms with van der Waals surface area (Å²) in [4.78, 5) is 16.1. The van der Waals surface area contributed by atoms with Crippen molar-refractivity contribution in [1.82, 2.24) is 9.55 Å². The first-order valence-electron chi connectivity index (χ1n) is 9.34. The Kier molecular flexibility index (Phi) is 4.83. The highest BCUT2D eigenvalue weighted by Crippen LogP contribution is 2.40. The van der Waals surface area contributed by atoms with Crippen molar-refractivity contribution < 1.29 is 4.79 Å². The molecule has 1 heterocycles. The van der Waals surface area contributed by atoms with Crippen molar-refractivity contribution in [2.45, 2.75) is 5.54 Å². The maximum Gasteiger partial charge on any atom is 0.250 e. The molecule has 4 rings (SSSR count). The highest BCUT2D eigenvalue weighted by atomic mass is 16.1. The zero-order valence-electron chi connectivity index (χ0n) is 15.9. The molecule has 0 fully saturated rings. The molecule has 0 spiro atoms. The minimum Gasteiger partial charge on any atom is -0.366 e. The molecule has 4 nitrogen and oxygen atoms in total. The molecule has 0 unspecified atom stereocenters. The molecule has 1 amide bonds. The third-order valence-electron chi connectivity index (χ3n) is 5.15. The molecule has 2 N–H and O–H groups in total. The number of hydrogen-bond donors (Lipinski definition) is 1. The first kappa shape index (κ1) is 18.4. The second kappa shape index (κ2) is 7.60. The summed E-state index contributed by atoms with van der Waals surface area (Å²) in [5.41, 5.74) is 8.63. The lowest BCUT2D eigenvalue weighted by molar-refractivity contribution is -0.112. The van der Waals surface area contributed by atoms with E-state index in [2.05, 4.69) is 48.0 Å². The van der Waals surface area contributed by atoms with Crippen molar-refractivity contribution in [2.75, 3.05) is 0 Å². The molecule has 29 heavy (non-hydrogen) atoms. The lowest BCUT2D eigenvalue weighted by atomic mass is 9.77. The number of primary amides is 1. The summed E-state index contributed by atoms with van der Waals surface area (Å²) in [6.07, 6.45) is 3.57. The third-order valence-corrected chi connectivity index (χ3v) is 5.15. The Hall–Kier alpha value is -3.92. The number of aromatic nitrogens is 2. The monoisotopic (exact) mass is 379 g/mol. The van der Waals surface area contributed by atoms with Gasteiger partial charge in [-0.1, -0.05) is 97.6 Å². The van der Waals surface area contributed by atoms with Gasteiger partial charge in [0.25, 0.3) is 0 Å². The van der Waals surface area contributed by atoms with E-state index in [1.54, 1.807) is 6.33 Å². The first-order chi connectivity index (χ1) is 14.1. The molecule has 0 aliphatic heterocycles. The molecule has 4 heteroatoms. The minimum atomic E-state index is -0.674. The number of nitrogens with zero attached hydrogens (tertiary/aromatic N) is 2. The predicted octanol–water partition coefficient (Wildman–Crippen LogP) is 4.22. The number of amides is 1. The van der Waals surface area contributed by atoms with Gasteiger partial charge < -0.3 is 10.3 Å². The predicted molar refractivity (Wildman–Crippen MR) is 115 cm³/mol. The molecule has 0 saturated heterocycles. The van der Waals surface area contributed by atoms with Crippen LogP contribution in [0.2, 0.25) is 0 Å². The van der Waals surface area contributed by atoms with Crippen molar-refractivity contribution in [1.29, 1.82) is 0 Å². The smallest absolute Gasteiger partial charge is 0.250 e. The number of benzene rings is 3. The third kappa shape index (κ3) is 3.15. The summed E-state index contributed by atoms with van der Waals surface area (Å²) >= 11 is 0. The van der Waals surface area contributed by atoms with Crippen molar-refractivity contribution >= 4 is 11.5 Å². The quantitative estimate of drug-likeness (QED) is 0.403. The van der Waals surface area contributed by atoms with Gasteiger partial charge in [0.05, 0.1) is 17.6 Å². The van der Waals surface area contributed by atoms with Gasteiger partial charge in [0, 0.05) is 6.20 Å². The summed E-state index contributed by atoms with van der Waals surface area (Å²) in [7, 11) is 0. The van der Waals surface area contributed by atoms with Gasteiger partial charge in [0.15, 0.2) is 0 Å². The number of nitrogens with two attached hydrogens (primary N) is 1. The molecule has 1 aromatic heterocycles. The number of carbonyl (C=O) groups excluding carboxylic acids is 1. The van der Waals surface area contributed by atoms with Crippen molar-refractivity contribution in [3.05, 3.63) is 132 Å². The van der Waals surface area contributed by atoms with Crippen LogP contribution in [0.4, 0.5) is 0 Å². The average molecular weight is 379 g/mol. The van der Waals surface area contributed by atoms with Crippen molar-refractivity contribution in [3.8, 4) is 0 Å². The number of carbonyl (C=O) groups is 1. The largest absolute Gasteiger partial charge is 0.366 e.